The van der Waals surface area contributed by atoms with Crippen LogP contribution in [0.25, 0.3) is 6.08 Å². The van der Waals surface area contributed by atoms with Gasteiger partial charge >= 0.3 is 5.97 Å². The molecule has 1 aliphatic rings. The van der Waals surface area contributed by atoms with Gasteiger partial charge in [-0.1, -0.05) is 34.1 Å². The summed E-state index contributed by atoms with van der Waals surface area (Å²) in [6.45, 7) is 1.45. The van der Waals surface area contributed by atoms with Gasteiger partial charge in [-0.15, -0.1) is 0 Å². The second-order valence-corrected chi connectivity index (χ2v) is 6.07. The Kier molecular flexibility index (Phi) is 4.57. The molecule has 0 aromatic heterocycles. The average molecular weight is 385 g/mol. The lowest BCUT2D eigenvalue weighted by atomic mass is 10.1. The summed E-state index contributed by atoms with van der Waals surface area (Å²) in [6.07, 6.45) is 1.64. The van der Waals surface area contributed by atoms with Gasteiger partial charge in [0.2, 0.25) is 11.8 Å². The predicted octanol–water partition coefficient (Wildman–Crippen LogP) is 3.75. The van der Waals surface area contributed by atoms with Gasteiger partial charge in [0.15, 0.2) is 5.70 Å². The zero-order valence-electron chi connectivity index (χ0n) is 12.7. The van der Waals surface area contributed by atoms with Crippen molar-refractivity contribution in [1.82, 2.24) is 0 Å². The fraction of sp³-hybridized carbons (Fsp3) is 0.0556. The number of nitrogens with one attached hydrogen (secondary N) is 1. The van der Waals surface area contributed by atoms with E-state index >= 15 is 0 Å². The molecule has 0 saturated carbocycles. The van der Waals surface area contributed by atoms with E-state index in [1.807, 2.05) is 24.3 Å². The van der Waals surface area contributed by atoms with E-state index in [0.29, 0.717) is 5.69 Å². The monoisotopic (exact) mass is 384 g/mol. The first-order valence-electron chi connectivity index (χ1n) is 7.17. The number of hydrogen-bond acceptors (Lipinski definition) is 4. The van der Waals surface area contributed by atoms with E-state index < -0.39 is 5.97 Å². The molecule has 0 bridgehead atoms. The van der Waals surface area contributed by atoms with E-state index in [9.17, 15) is 9.59 Å². The van der Waals surface area contributed by atoms with Gasteiger partial charge in [-0.25, -0.2) is 9.79 Å². The molecule has 1 amide bonds. The van der Waals surface area contributed by atoms with Crippen molar-refractivity contribution in [2.75, 3.05) is 5.32 Å². The van der Waals surface area contributed by atoms with Crippen LogP contribution in [0.4, 0.5) is 5.69 Å². The Morgan fingerprint density at radius 3 is 2.62 bits per heavy atom. The molecule has 6 heteroatoms. The fourth-order valence-electron chi connectivity index (χ4n) is 2.18. The molecule has 120 valence electrons. The summed E-state index contributed by atoms with van der Waals surface area (Å²) in [6, 6.07) is 14.5. The number of nitrogens with zero attached hydrogens (tertiary/aromatic N) is 1. The Morgan fingerprint density at radius 1 is 1.21 bits per heavy atom. The minimum Gasteiger partial charge on any atom is -0.402 e. The van der Waals surface area contributed by atoms with Crippen LogP contribution in [0.2, 0.25) is 0 Å². The number of ether oxygens (including phenoxy) is 1. The van der Waals surface area contributed by atoms with Gasteiger partial charge in [0.1, 0.15) is 0 Å². The van der Waals surface area contributed by atoms with Crippen LogP contribution in [0, 0.1) is 0 Å². The largest absolute Gasteiger partial charge is 0.402 e. The van der Waals surface area contributed by atoms with Gasteiger partial charge in [-0.2, -0.15) is 0 Å². The number of aliphatic imine (C=N–C) groups is 1. The predicted molar refractivity (Wildman–Crippen MR) is 95.5 cm³/mol. The lowest BCUT2D eigenvalue weighted by Crippen LogP contribution is -2.05. The molecule has 0 radical (unpaired) electrons. The van der Waals surface area contributed by atoms with Crippen molar-refractivity contribution < 1.29 is 14.3 Å². The zero-order chi connectivity index (χ0) is 17.1. The highest BCUT2D eigenvalue weighted by atomic mass is 79.9. The third-order valence-electron chi connectivity index (χ3n) is 3.23. The highest BCUT2D eigenvalue weighted by Gasteiger charge is 2.24. The first-order chi connectivity index (χ1) is 11.5. The number of benzene rings is 2. The van der Waals surface area contributed by atoms with Crippen LogP contribution in [-0.2, 0) is 14.3 Å². The Labute approximate surface area is 147 Å². The molecule has 1 aliphatic heterocycles. The van der Waals surface area contributed by atoms with E-state index in [-0.39, 0.29) is 17.5 Å². The molecular weight excluding hydrogens is 372 g/mol. The highest BCUT2D eigenvalue weighted by Crippen LogP contribution is 2.21. The first-order valence-corrected chi connectivity index (χ1v) is 7.97. The Bertz CT molecular complexity index is 870. The first kappa shape index (κ1) is 16.1. The van der Waals surface area contributed by atoms with Crippen LogP contribution >= 0.6 is 15.9 Å². The number of carbonyl (C=O) groups excluding carboxylic acids is 2. The van der Waals surface area contributed by atoms with Crippen molar-refractivity contribution in [2.24, 2.45) is 4.99 Å². The van der Waals surface area contributed by atoms with Crippen molar-refractivity contribution in [3.63, 3.8) is 0 Å². The van der Waals surface area contributed by atoms with Crippen LogP contribution in [0.5, 0.6) is 0 Å². The molecular formula is C18H13BrN2O3. The molecule has 0 spiro atoms. The molecule has 0 fully saturated rings. The molecule has 0 atom stereocenters. The second-order valence-electron chi connectivity index (χ2n) is 5.15. The van der Waals surface area contributed by atoms with E-state index in [1.54, 1.807) is 30.3 Å². The molecule has 0 saturated heterocycles. The SMILES string of the molecule is CC(=O)Nc1ccc(/C=C2\N=C(c3cccc(Br)c3)OC2=O)cc1. The Morgan fingerprint density at radius 2 is 1.96 bits per heavy atom. The third-order valence-corrected chi connectivity index (χ3v) is 3.72. The molecule has 2 aromatic carbocycles. The summed E-state index contributed by atoms with van der Waals surface area (Å²) in [5.41, 5.74) is 2.44. The smallest absolute Gasteiger partial charge is 0.363 e. The Balaban J connectivity index is 1.84. The molecule has 24 heavy (non-hydrogen) atoms. The normalized spacial score (nSPS) is 15.2. The highest BCUT2D eigenvalue weighted by molar-refractivity contribution is 9.10. The molecule has 5 nitrogen and oxygen atoms in total. The maximum atomic E-state index is 12.0. The summed E-state index contributed by atoms with van der Waals surface area (Å²) >= 11 is 3.38. The van der Waals surface area contributed by atoms with Crippen LogP contribution in [-0.4, -0.2) is 17.8 Å². The summed E-state index contributed by atoms with van der Waals surface area (Å²) in [5, 5.41) is 2.68. The summed E-state index contributed by atoms with van der Waals surface area (Å²) in [5.74, 6) is -0.345. The standard InChI is InChI=1S/C18H13BrN2O3/c1-11(22)20-15-7-5-12(6-8-15)9-16-18(23)24-17(21-16)13-3-2-4-14(19)10-13/h2-10H,1H3,(H,20,22)/b16-9-. The van der Waals surface area contributed by atoms with Gasteiger partial charge in [0.25, 0.3) is 0 Å². The number of cyclic esters (lactones) is 1. The van der Waals surface area contributed by atoms with Crippen LogP contribution in [0.1, 0.15) is 18.1 Å². The molecule has 0 aliphatic carbocycles. The van der Waals surface area contributed by atoms with E-state index in [2.05, 4.69) is 26.2 Å². The number of anilines is 1. The topological polar surface area (TPSA) is 67.8 Å². The van der Waals surface area contributed by atoms with Gasteiger partial charge in [0.05, 0.1) is 0 Å². The summed E-state index contributed by atoms with van der Waals surface area (Å²) < 4.78 is 6.11. The average Bonchev–Trinajstić information content (AvgIpc) is 2.90. The fourth-order valence-corrected chi connectivity index (χ4v) is 2.58. The molecule has 0 unspecified atom stereocenters. The Hall–Kier alpha value is -2.73. The number of esters is 1. The summed E-state index contributed by atoms with van der Waals surface area (Å²) in [4.78, 5) is 27.3. The van der Waals surface area contributed by atoms with Crippen LogP contribution in [0.15, 0.2) is 63.7 Å². The lowest BCUT2D eigenvalue weighted by molar-refractivity contribution is -0.129. The number of halogens is 1. The van der Waals surface area contributed by atoms with Gasteiger partial charge in [-0.05, 0) is 42.0 Å². The van der Waals surface area contributed by atoms with Crippen molar-refractivity contribution in [3.8, 4) is 0 Å². The minimum absolute atomic E-state index is 0.135. The number of carbonyl (C=O) groups is 2. The van der Waals surface area contributed by atoms with Gasteiger partial charge in [-0.3, -0.25) is 4.79 Å². The second kappa shape index (κ2) is 6.80. The van der Waals surface area contributed by atoms with E-state index in [1.165, 1.54) is 6.92 Å². The lowest BCUT2D eigenvalue weighted by Gasteiger charge is -2.01. The van der Waals surface area contributed by atoms with Gasteiger partial charge in [0, 0.05) is 22.6 Å². The van der Waals surface area contributed by atoms with Crippen LogP contribution < -0.4 is 5.32 Å². The van der Waals surface area contributed by atoms with Crippen molar-refractivity contribution in [3.05, 3.63) is 69.8 Å². The maximum Gasteiger partial charge on any atom is 0.363 e. The molecule has 3 rings (SSSR count). The van der Waals surface area contributed by atoms with Crippen LogP contribution in [0.3, 0.4) is 0 Å². The molecule has 2 aromatic rings. The number of amides is 1. The maximum absolute atomic E-state index is 12.0. The number of rotatable bonds is 3. The zero-order valence-corrected chi connectivity index (χ0v) is 14.3. The third kappa shape index (κ3) is 3.78. The van der Waals surface area contributed by atoms with Crippen molar-refractivity contribution >= 4 is 45.5 Å². The minimum atomic E-state index is -0.490. The molecule has 1 N–H and O–H groups in total. The van der Waals surface area contributed by atoms with Gasteiger partial charge < -0.3 is 10.1 Å². The van der Waals surface area contributed by atoms with Crippen molar-refractivity contribution in [2.45, 2.75) is 6.92 Å². The quantitative estimate of drug-likeness (QED) is 0.647. The van der Waals surface area contributed by atoms with E-state index in [4.69, 9.17) is 4.74 Å². The van der Waals surface area contributed by atoms with E-state index in [0.717, 1.165) is 15.6 Å². The summed E-state index contributed by atoms with van der Waals surface area (Å²) in [7, 11) is 0. The number of hydrogen-bond donors (Lipinski definition) is 1. The molecule has 1 heterocycles. The van der Waals surface area contributed by atoms with Crippen molar-refractivity contribution in [1.29, 1.82) is 0 Å².